The van der Waals surface area contributed by atoms with Crippen LogP contribution in [0.25, 0.3) is 16.7 Å². The van der Waals surface area contributed by atoms with E-state index in [-0.39, 0.29) is 33.7 Å². The molecule has 0 aliphatic carbocycles. The maximum atomic E-state index is 13.6. The van der Waals surface area contributed by atoms with E-state index in [1.807, 2.05) is 0 Å². The average Bonchev–Trinajstić information content (AvgIpc) is 3.51. The first kappa shape index (κ1) is 24.1. The van der Waals surface area contributed by atoms with Crippen LogP contribution >= 0.6 is 11.8 Å². The van der Waals surface area contributed by atoms with Crippen LogP contribution in [0.3, 0.4) is 0 Å². The van der Waals surface area contributed by atoms with Crippen molar-refractivity contribution in [3.05, 3.63) is 90.0 Å². The monoisotopic (exact) mass is 539 g/mol. The van der Waals surface area contributed by atoms with Gasteiger partial charge in [0.2, 0.25) is 15.9 Å². The molecule has 1 aromatic heterocycles. The fraction of sp³-hybridized carbons (Fsp3) is 0.0370. The molecule has 1 spiro atoms. The molecule has 4 N–H and O–H groups in total. The molecular weight excluding hydrogens is 522 g/mol. The van der Waals surface area contributed by atoms with Crippen LogP contribution < -0.4 is 4.90 Å². The maximum absolute atomic E-state index is 13.6. The van der Waals surface area contributed by atoms with Crippen molar-refractivity contribution >= 4 is 62.6 Å². The van der Waals surface area contributed by atoms with Crippen LogP contribution in [0.5, 0.6) is 11.6 Å². The number of aliphatic hydroxyl groups excluding tert-OH is 1. The number of carbonyl (C=O) groups is 3. The molecule has 6 rings (SSSR count). The number of ketones is 1. The summed E-state index contributed by atoms with van der Waals surface area (Å²) in [5.74, 6) is -4.47. The lowest BCUT2D eigenvalue weighted by Gasteiger charge is -2.31. The highest BCUT2D eigenvalue weighted by Crippen LogP contribution is 2.53. The standard InChI is InChI=1S/C27H17N5O6S/c33-18-13-7-6-12-17(18)32-24(37)22(35)19(21(34)14-8-2-1-3-9-14)27(32)25(38)29-26(39-27)31-30-20-15-10-4-5-11-16(15)28-23(20)36/h1-13,28,33-34,36H/b21-19-,31-30?. The summed E-state index contributed by atoms with van der Waals surface area (Å²) >= 11 is 0.616. The van der Waals surface area contributed by atoms with Crippen molar-refractivity contribution in [2.75, 3.05) is 4.90 Å². The number of aromatic hydroxyl groups is 2. The lowest BCUT2D eigenvalue weighted by molar-refractivity contribution is -0.132. The highest BCUT2D eigenvalue weighted by atomic mass is 32.2. The van der Waals surface area contributed by atoms with Crippen LogP contribution in [0.1, 0.15) is 5.56 Å². The molecule has 1 unspecified atom stereocenters. The molecule has 1 fully saturated rings. The SMILES string of the molecule is O=C1C(=O)N(c2ccccc2O)C2(SC(N=Nc3c(O)[nH]c4ccccc34)=NC2=O)/C1=C(\O)c1ccccc1. The summed E-state index contributed by atoms with van der Waals surface area (Å²) in [4.78, 5) is 45.7. The highest BCUT2D eigenvalue weighted by Gasteiger charge is 2.66. The Kier molecular flexibility index (Phi) is 5.54. The molecular formula is C27H17N5O6S. The smallest absolute Gasteiger partial charge is 0.301 e. The van der Waals surface area contributed by atoms with Crippen LogP contribution in [-0.4, -0.2) is 47.9 Å². The number of thioether (sulfide) groups is 1. The molecule has 39 heavy (non-hydrogen) atoms. The van der Waals surface area contributed by atoms with Gasteiger partial charge in [-0.25, -0.2) is 0 Å². The number of aromatic nitrogens is 1. The fourth-order valence-electron chi connectivity index (χ4n) is 4.57. The Morgan fingerprint density at radius 1 is 0.897 bits per heavy atom. The van der Waals surface area contributed by atoms with Gasteiger partial charge in [-0.1, -0.05) is 60.7 Å². The van der Waals surface area contributed by atoms with E-state index < -0.39 is 33.8 Å². The summed E-state index contributed by atoms with van der Waals surface area (Å²) in [6, 6.07) is 20.6. The number of hydrogen-bond acceptors (Lipinski definition) is 9. The van der Waals surface area contributed by atoms with E-state index in [1.165, 1.54) is 36.4 Å². The second kappa shape index (κ2) is 8.96. The number of amides is 2. The zero-order chi connectivity index (χ0) is 27.3. The minimum absolute atomic E-state index is 0.0985. The molecule has 0 saturated carbocycles. The lowest BCUT2D eigenvalue weighted by atomic mass is 9.99. The molecule has 1 saturated heterocycles. The number of amidine groups is 1. The number of aromatic amines is 1. The Labute approximate surface area is 223 Å². The topological polar surface area (TPSA) is 168 Å². The quantitative estimate of drug-likeness (QED) is 0.128. The van der Waals surface area contributed by atoms with Crippen molar-refractivity contribution in [2.45, 2.75) is 4.87 Å². The van der Waals surface area contributed by atoms with Crippen LogP contribution in [-0.2, 0) is 14.4 Å². The number of nitrogens with zero attached hydrogens (tertiary/aromatic N) is 4. The largest absolute Gasteiger partial charge is 0.507 e. The first-order valence-corrected chi connectivity index (χ1v) is 12.3. The zero-order valence-electron chi connectivity index (χ0n) is 19.8. The van der Waals surface area contributed by atoms with Crippen LogP contribution in [0.4, 0.5) is 11.4 Å². The van der Waals surface area contributed by atoms with Gasteiger partial charge in [0.25, 0.3) is 11.7 Å². The summed E-state index contributed by atoms with van der Waals surface area (Å²) in [5, 5.41) is 40.5. The van der Waals surface area contributed by atoms with Crippen molar-refractivity contribution in [2.24, 2.45) is 15.2 Å². The summed E-state index contributed by atoms with van der Waals surface area (Å²) in [6.07, 6.45) is 0. The van der Waals surface area contributed by atoms with Crippen LogP contribution in [0.2, 0.25) is 0 Å². The Morgan fingerprint density at radius 2 is 1.59 bits per heavy atom. The molecule has 192 valence electrons. The van der Waals surface area contributed by atoms with Crippen LogP contribution in [0, 0.1) is 0 Å². The van der Waals surface area contributed by atoms with Gasteiger partial charge in [-0.3, -0.25) is 19.3 Å². The number of aliphatic hydroxyl groups is 1. The van der Waals surface area contributed by atoms with Crippen molar-refractivity contribution in [3.63, 3.8) is 0 Å². The number of anilines is 1. The number of benzene rings is 3. The number of phenolic OH excluding ortho intramolecular Hbond substituents is 1. The van der Waals surface area contributed by atoms with Gasteiger partial charge < -0.3 is 20.3 Å². The number of H-pyrrole nitrogens is 1. The maximum Gasteiger partial charge on any atom is 0.301 e. The summed E-state index contributed by atoms with van der Waals surface area (Å²) in [5.41, 5.74) is 0.255. The molecule has 0 bridgehead atoms. The Hall–Kier alpha value is -5.23. The van der Waals surface area contributed by atoms with Gasteiger partial charge in [-0.2, -0.15) is 4.99 Å². The fourth-order valence-corrected chi connectivity index (χ4v) is 5.74. The minimum Gasteiger partial charge on any atom is -0.507 e. The predicted octanol–water partition coefficient (Wildman–Crippen LogP) is 4.57. The second-order valence-electron chi connectivity index (χ2n) is 8.56. The number of nitrogens with one attached hydrogen (secondary N) is 1. The number of azo groups is 1. The highest BCUT2D eigenvalue weighted by molar-refractivity contribution is 8.16. The molecule has 1 atom stereocenters. The van der Waals surface area contributed by atoms with Gasteiger partial charge in [-0.15, -0.1) is 10.2 Å². The Balaban J connectivity index is 1.50. The van der Waals surface area contributed by atoms with Crippen molar-refractivity contribution in [1.82, 2.24) is 4.98 Å². The number of para-hydroxylation sites is 3. The van der Waals surface area contributed by atoms with E-state index >= 15 is 0 Å². The van der Waals surface area contributed by atoms with E-state index in [9.17, 15) is 29.7 Å². The first-order chi connectivity index (χ1) is 18.8. The number of aliphatic imine (C=N–C) groups is 1. The predicted molar refractivity (Wildman–Crippen MR) is 144 cm³/mol. The minimum atomic E-state index is -2.20. The van der Waals surface area contributed by atoms with E-state index in [0.29, 0.717) is 22.7 Å². The Bertz CT molecular complexity index is 1790. The van der Waals surface area contributed by atoms with E-state index in [4.69, 9.17) is 0 Å². The van der Waals surface area contributed by atoms with Crippen molar-refractivity contribution in [3.8, 4) is 11.6 Å². The molecule has 0 radical (unpaired) electrons. The van der Waals surface area contributed by atoms with Crippen molar-refractivity contribution < 1.29 is 29.7 Å². The molecule has 2 aliphatic rings. The van der Waals surface area contributed by atoms with Gasteiger partial charge in [-0.05, 0) is 30.0 Å². The number of fused-ring (bicyclic) bond motifs is 1. The third-order valence-corrected chi connectivity index (χ3v) is 7.52. The first-order valence-electron chi connectivity index (χ1n) is 11.5. The summed E-state index contributed by atoms with van der Waals surface area (Å²) in [7, 11) is 0. The molecule has 4 aromatic rings. The molecule has 11 nitrogen and oxygen atoms in total. The number of carbonyl (C=O) groups excluding carboxylic acids is 3. The van der Waals surface area contributed by atoms with Gasteiger partial charge in [0.15, 0.2) is 5.69 Å². The normalized spacial score (nSPS) is 20.6. The van der Waals surface area contributed by atoms with Gasteiger partial charge in [0, 0.05) is 10.9 Å². The van der Waals surface area contributed by atoms with E-state index in [2.05, 4.69) is 20.2 Å². The van der Waals surface area contributed by atoms with Gasteiger partial charge >= 0.3 is 5.91 Å². The Morgan fingerprint density at radius 3 is 2.36 bits per heavy atom. The van der Waals surface area contributed by atoms with Crippen molar-refractivity contribution in [1.29, 1.82) is 0 Å². The third-order valence-electron chi connectivity index (χ3n) is 6.31. The van der Waals surface area contributed by atoms with Gasteiger partial charge in [0.1, 0.15) is 11.5 Å². The number of Topliss-reactive ketones (excluding diaryl/α,β-unsaturated/α-hetero) is 1. The molecule has 2 aliphatic heterocycles. The third kappa shape index (κ3) is 3.61. The molecule has 3 aromatic carbocycles. The summed E-state index contributed by atoms with van der Waals surface area (Å²) in [6.45, 7) is 0. The average molecular weight is 540 g/mol. The van der Waals surface area contributed by atoms with Gasteiger partial charge in [0.05, 0.1) is 16.8 Å². The molecule has 3 heterocycles. The molecule has 2 amide bonds. The number of rotatable bonds is 3. The second-order valence-corrected chi connectivity index (χ2v) is 9.72. The summed E-state index contributed by atoms with van der Waals surface area (Å²) < 4.78 is 0. The van der Waals surface area contributed by atoms with Crippen LogP contribution in [0.15, 0.2) is 99.7 Å². The van der Waals surface area contributed by atoms with E-state index in [0.717, 1.165) is 4.90 Å². The molecule has 12 heteroatoms. The van der Waals surface area contributed by atoms with E-state index in [1.54, 1.807) is 42.5 Å². The number of hydrogen-bond donors (Lipinski definition) is 4. The lowest BCUT2D eigenvalue weighted by Crippen LogP contribution is -2.48. The zero-order valence-corrected chi connectivity index (χ0v) is 20.6. The number of phenols is 1.